The number of aromatic nitrogens is 1. The number of H-pyrrole nitrogens is 1. The molecule has 0 spiro atoms. The van der Waals surface area contributed by atoms with Crippen molar-refractivity contribution in [3.63, 3.8) is 0 Å². The maximum Gasteiger partial charge on any atom is 0.206 e. The van der Waals surface area contributed by atoms with Gasteiger partial charge in [0.2, 0.25) is 16.3 Å². The largest absolute Gasteiger partial charge is 0.377 e. The van der Waals surface area contributed by atoms with E-state index < -0.39 is 0 Å². The Morgan fingerprint density at radius 1 is 1.29 bits per heavy atom. The summed E-state index contributed by atoms with van der Waals surface area (Å²) in [6.07, 6.45) is 4.72. The first-order valence-corrected chi connectivity index (χ1v) is 5.57. The predicted octanol–water partition coefficient (Wildman–Crippen LogP) is 2.68. The van der Waals surface area contributed by atoms with E-state index in [0.29, 0.717) is 0 Å². The highest BCUT2D eigenvalue weighted by molar-refractivity contribution is 6.32. The summed E-state index contributed by atoms with van der Waals surface area (Å²) in [7, 11) is 0. The van der Waals surface area contributed by atoms with Crippen LogP contribution in [-0.2, 0) is 6.42 Å². The first kappa shape index (κ1) is 13.3. The Balaban J connectivity index is 0.000000791. The van der Waals surface area contributed by atoms with Gasteiger partial charge in [-0.05, 0) is 18.1 Å². The Morgan fingerprint density at radius 2 is 1.86 bits per heavy atom. The second-order valence-electron chi connectivity index (χ2n) is 2.61. The van der Waals surface area contributed by atoms with Crippen LogP contribution < -0.4 is 4.56 Å². The molecule has 0 bridgehead atoms. The van der Waals surface area contributed by atoms with E-state index in [-0.39, 0.29) is 0 Å². The summed E-state index contributed by atoms with van der Waals surface area (Å²) in [5.74, 6) is 0. The van der Waals surface area contributed by atoms with Crippen LogP contribution >= 0.6 is 0 Å². The van der Waals surface area contributed by atoms with Gasteiger partial charge in [0, 0.05) is 11.3 Å². The highest BCUT2D eigenvalue weighted by Gasteiger charge is 2.06. The van der Waals surface area contributed by atoms with Gasteiger partial charge in [-0.1, -0.05) is 44.6 Å². The fraction of sp³-hybridized carbons (Fsp3) is 0.333. The molecule has 1 aromatic rings. The first-order valence-electron chi connectivity index (χ1n) is 4.99. The molecule has 1 N–H and O–H groups in total. The lowest BCUT2D eigenvalue weighted by molar-refractivity contribution is 1.16. The summed E-state index contributed by atoms with van der Waals surface area (Å²) in [4.78, 5) is 3.24. The molecule has 0 saturated heterocycles. The van der Waals surface area contributed by atoms with E-state index in [1.165, 1.54) is 11.1 Å². The molecule has 2 heteroatoms. The molecule has 0 aliphatic heterocycles. The van der Waals surface area contributed by atoms with Gasteiger partial charge in [-0.2, -0.15) is 0 Å². The van der Waals surface area contributed by atoms with Crippen LogP contribution in [0.3, 0.4) is 0 Å². The van der Waals surface area contributed by atoms with Crippen molar-refractivity contribution in [3.8, 4) is 0 Å². The van der Waals surface area contributed by atoms with Gasteiger partial charge in [-0.3, -0.25) is 0 Å². The molecule has 2 radical (unpaired) electrons. The minimum Gasteiger partial charge on any atom is -0.377 e. The van der Waals surface area contributed by atoms with Crippen LogP contribution in [-0.4, -0.2) is 21.3 Å². The molecule has 0 fully saturated rings. The average molecular weight is 203 g/mol. The maximum atomic E-state index is 3.78. The zero-order chi connectivity index (χ0) is 11.1. The summed E-state index contributed by atoms with van der Waals surface area (Å²) in [5.41, 5.74) is 3.55. The Bertz CT molecular complexity index is 310. The predicted molar refractivity (Wildman–Crippen MR) is 67.1 cm³/mol. The molecule has 0 amide bonds. The molecular weight excluding hydrogens is 185 g/mol. The van der Waals surface area contributed by atoms with Crippen LogP contribution in [0.5, 0.6) is 0 Å². The van der Waals surface area contributed by atoms with Gasteiger partial charge in [0.15, 0.2) is 0 Å². The lowest BCUT2D eigenvalue weighted by atomic mass is 10.1. The second-order valence-corrected chi connectivity index (χ2v) is 3.18. The number of hydrogen-bond acceptors (Lipinski definition) is 0. The van der Waals surface area contributed by atoms with Crippen molar-refractivity contribution >= 4 is 33.0 Å². The molecule has 0 aromatic carbocycles. The number of hydrogen-bond donors (Lipinski definition) is 1. The van der Waals surface area contributed by atoms with Crippen LogP contribution in [0.25, 0.3) is 12.2 Å². The van der Waals surface area contributed by atoms with E-state index in [4.69, 9.17) is 0 Å². The quantitative estimate of drug-likeness (QED) is 0.727. The minimum atomic E-state index is 1.02. The van der Waals surface area contributed by atoms with Crippen LogP contribution in [0.4, 0.5) is 0 Å². The summed E-state index contributed by atoms with van der Waals surface area (Å²) in [6.45, 7) is 13.7. The molecule has 1 heterocycles. The second kappa shape index (κ2) is 6.70. The number of rotatable bonds is 3. The zero-order valence-corrected chi connectivity index (χ0v) is 10.5. The first-order chi connectivity index (χ1) is 6.74. The third kappa shape index (κ3) is 2.64. The Labute approximate surface area is 95.3 Å². The molecule has 1 rings (SSSR count). The highest BCUT2D eigenvalue weighted by Crippen LogP contribution is 2.14. The van der Waals surface area contributed by atoms with Gasteiger partial charge < -0.3 is 4.98 Å². The van der Waals surface area contributed by atoms with Crippen LogP contribution in [0, 0.1) is 0 Å². The minimum absolute atomic E-state index is 1.02. The molecule has 74 valence electrons. The van der Waals surface area contributed by atoms with Crippen molar-refractivity contribution in [2.75, 3.05) is 0 Å². The van der Waals surface area contributed by atoms with E-state index in [0.717, 1.165) is 16.7 Å². The molecular formula is C12H18AlN. The van der Waals surface area contributed by atoms with E-state index >= 15 is 0 Å². The van der Waals surface area contributed by atoms with Gasteiger partial charge in [-0.15, -0.1) is 0 Å². The lowest BCUT2D eigenvalue weighted by Gasteiger charge is -1.97. The Morgan fingerprint density at radius 3 is 2.21 bits per heavy atom. The molecule has 1 nitrogen and oxygen atoms in total. The standard InChI is InChI=1S/C10H12N.C2H6.Al/c1-4-8-7-11-10(6-3)9(8)5-2;1-2;/h5-6,11H,2-4H2,1H3;1-2H3;. The Kier molecular flexibility index (Phi) is 6.36. The van der Waals surface area contributed by atoms with Gasteiger partial charge in [0.1, 0.15) is 0 Å². The smallest absolute Gasteiger partial charge is 0.206 e. The molecule has 0 saturated carbocycles. The molecule has 0 aliphatic carbocycles. The van der Waals surface area contributed by atoms with Crippen LogP contribution in [0.1, 0.15) is 37.6 Å². The fourth-order valence-electron chi connectivity index (χ4n) is 1.37. The maximum absolute atomic E-state index is 3.78. The van der Waals surface area contributed by atoms with Crippen molar-refractivity contribution in [2.45, 2.75) is 27.2 Å². The van der Waals surface area contributed by atoms with Crippen molar-refractivity contribution in [1.29, 1.82) is 0 Å². The summed E-state index contributed by atoms with van der Waals surface area (Å²) >= 11 is 2.69. The van der Waals surface area contributed by atoms with E-state index in [9.17, 15) is 0 Å². The highest BCUT2D eigenvalue weighted by atomic mass is 27.0. The molecule has 1 aromatic heterocycles. The van der Waals surface area contributed by atoms with Crippen molar-refractivity contribution in [1.82, 2.24) is 4.98 Å². The summed E-state index contributed by atoms with van der Waals surface area (Å²) < 4.78 is 1.14. The molecule has 0 atom stereocenters. The van der Waals surface area contributed by atoms with Crippen molar-refractivity contribution in [2.24, 2.45) is 0 Å². The van der Waals surface area contributed by atoms with Gasteiger partial charge >= 0.3 is 0 Å². The zero-order valence-electron chi connectivity index (χ0n) is 9.35. The van der Waals surface area contributed by atoms with E-state index in [1.807, 2.05) is 26.0 Å². The van der Waals surface area contributed by atoms with Gasteiger partial charge in [-0.25, -0.2) is 0 Å². The topological polar surface area (TPSA) is 15.8 Å². The fourth-order valence-corrected chi connectivity index (χ4v) is 1.89. The normalized spacial score (nSPS) is 8.79. The molecule has 0 aliphatic rings. The SMILES string of the molecule is C=Cc1[nH][c]([Al])c(CC)c1C=C.CC. The van der Waals surface area contributed by atoms with Gasteiger partial charge in [0.25, 0.3) is 0 Å². The molecule has 14 heavy (non-hydrogen) atoms. The van der Waals surface area contributed by atoms with Crippen LogP contribution in [0.2, 0.25) is 0 Å². The Hall–Kier alpha value is -0.708. The third-order valence-electron chi connectivity index (χ3n) is 1.97. The lowest BCUT2D eigenvalue weighted by Crippen LogP contribution is -2.08. The summed E-state index contributed by atoms with van der Waals surface area (Å²) in [6, 6.07) is 0. The molecule has 0 unspecified atom stereocenters. The monoisotopic (exact) mass is 203 g/mol. The number of aromatic amines is 1. The van der Waals surface area contributed by atoms with Crippen LogP contribution in [0.15, 0.2) is 13.2 Å². The third-order valence-corrected chi connectivity index (χ3v) is 2.46. The van der Waals surface area contributed by atoms with Crippen molar-refractivity contribution in [3.05, 3.63) is 30.0 Å². The van der Waals surface area contributed by atoms with Gasteiger partial charge in [0.05, 0.1) is 0 Å². The van der Waals surface area contributed by atoms with Crippen molar-refractivity contribution < 1.29 is 0 Å². The number of nitrogens with one attached hydrogen (secondary N) is 1. The summed E-state index contributed by atoms with van der Waals surface area (Å²) in [5, 5.41) is 0. The average Bonchev–Trinajstić information content (AvgIpc) is 2.56. The van der Waals surface area contributed by atoms with E-state index in [2.05, 4.69) is 41.4 Å². The van der Waals surface area contributed by atoms with E-state index in [1.54, 1.807) is 0 Å².